The molecule has 0 radical (unpaired) electrons. The maximum absolute atomic E-state index is 12.5. The molecule has 4 heterocycles. The SMILES string of the molecule is CC(C)(C)c1cc(NC(=O)Nc2ccc3c(c2)sc2nc(-c4ccc(OCCN5CCOCC5)cc4)cn23)on1. The number of hydrogen-bond donors (Lipinski definition) is 2. The summed E-state index contributed by atoms with van der Waals surface area (Å²) in [7, 11) is 0. The Morgan fingerprint density at radius 1 is 1.07 bits per heavy atom. The highest BCUT2D eigenvalue weighted by atomic mass is 32.1. The van der Waals surface area contributed by atoms with E-state index in [4.69, 9.17) is 19.0 Å². The number of rotatable bonds is 7. The van der Waals surface area contributed by atoms with Gasteiger partial charge in [-0.2, -0.15) is 0 Å². The van der Waals surface area contributed by atoms with Crippen molar-refractivity contribution in [2.45, 2.75) is 26.2 Å². The van der Waals surface area contributed by atoms with Crippen LogP contribution in [0.4, 0.5) is 16.4 Å². The molecule has 0 bridgehead atoms. The molecule has 0 spiro atoms. The number of ether oxygens (including phenoxy) is 2. The molecule has 2 aromatic carbocycles. The van der Waals surface area contributed by atoms with Crippen molar-refractivity contribution in [3.05, 3.63) is 60.4 Å². The largest absolute Gasteiger partial charge is 0.492 e. The summed E-state index contributed by atoms with van der Waals surface area (Å²) in [5.74, 6) is 1.16. The molecule has 1 aliphatic heterocycles. The van der Waals surface area contributed by atoms with Crippen molar-refractivity contribution in [3.8, 4) is 17.0 Å². The molecule has 2 amide bonds. The predicted molar refractivity (Wildman–Crippen MR) is 157 cm³/mol. The number of fused-ring (bicyclic) bond motifs is 3. The van der Waals surface area contributed by atoms with Gasteiger partial charge in [-0.15, -0.1) is 0 Å². The van der Waals surface area contributed by atoms with Gasteiger partial charge in [0.05, 0.1) is 34.8 Å². The van der Waals surface area contributed by atoms with Crippen LogP contribution in [0.2, 0.25) is 0 Å². The summed E-state index contributed by atoms with van der Waals surface area (Å²) < 4.78 is 19.7. The fraction of sp³-hybridized carbons (Fsp3) is 0.345. The van der Waals surface area contributed by atoms with Crippen molar-refractivity contribution in [2.24, 2.45) is 0 Å². The second kappa shape index (κ2) is 10.9. The van der Waals surface area contributed by atoms with Gasteiger partial charge in [0, 0.05) is 48.6 Å². The van der Waals surface area contributed by atoms with Gasteiger partial charge in [0.2, 0.25) is 5.88 Å². The van der Waals surface area contributed by atoms with Crippen LogP contribution in [0, 0.1) is 0 Å². The van der Waals surface area contributed by atoms with Gasteiger partial charge in [-0.3, -0.25) is 14.6 Å². The number of amides is 2. The number of urea groups is 1. The van der Waals surface area contributed by atoms with Crippen LogP contribution in [0.3, 0.4) is 0 Å². The lowest BCUT2D eigenvalue weighted by Gasteiger charge is -2.26. The number of imidazole rings is 1. The van der Waals surface area contributed by atoms with Gasteiger partial charge in [0.25, 0.3) is 0 Å². The molecule has 6 rings (SSSR count). The first kappa shape index (κ1) is 26.3. The average molecular weight is 561 g/mol. The maximum Gasteiger partial charge on any atom is 0.326 e. The highest BCUT2D eigenvalue weighted by Crippen LogP contribution is 2.32. The van der Waals surface area contributed by atoms with E-state index in [2.05, 4.69) is 25.1 Å². The van der Waals surface area contributed by atoms with Crippen molar-refractivity contribution >= 4 is 44.1 Å². The number of nitrogens with one attached hydrogen (secondary N) is 2. The molecule has 208 valence electrons. The molecule has 10 nitrogen and oxygen atoms in total. The Kier molecular flexibility index (Phi) is 7.18. The third-order valence-electron chi connectivity index (χ3n) is 6.80. The highest BCUT2D eigenvalue weighted by Gasteiger charge is 2.20. The first-order chi connectivity index (χ1) is 19.3. The van der Waals surface area contributed by atoms with E-state index >= 15 is 0 Å². The second-order valence-corrected chi connectivity index (χ2v) is 11.8. The minimum Gasteiger partial charge on any atom is -0.492 e. The number of thiazole rings is 1. The summed E-state index contributed by atoms with van der Waals surface area (Å²) in [6, 6.07) is 15.2. The Hall–Kier alpha value is -3.93. The van der Waals surface area contributed by atoms with Gasteiger partial charge in [-0.1, -0.05) is 37.3 Å². The van der Waals surface area contributed by atoms with Crippen LogP contribution in [0.25, 0.3) is 26.4 Å². The van der Waals surface area contributed by atoms with E-state index in [9.17, 15) is 4.79 Å². The van der Waals surface area contributed by atoms with Crippen molar-refractivity contribution in [1.82, 2.24) is 19.4 Å². The molecule has 0 atom stereocenters. The quantitative estimate of drug-likeness (QED) is 0.257. The monoisotopic (exact) mass is 560 g/mol. The summed E-state index contributed by atoms with van der Waals surface area (Å²) in [4.78, 5) is 20.6. The molecule has 1 fully saturated rings. The molecule has 5 aromatic rings. The summed E-state index contributed by atoms with van der Waals surface area (Å²) >= 11 is 1.57. The number of carbonyl (C=O) groups is 1. The number of hydrogen-bond acceptors (Lipinski definition) is 8. The minimum absolute atomic E-state index is 0.164. The van der Waals surface area contributed by atoms with Gasteiger partial charge in [-0.25, -0.2) is 9.78 Å². The topological polar surface area (TPSA) is 106 Å². The van der Waals surface area contributed by atoms with E-state index in [0.717, 1.165) is 70.7 Å². The zero-order chi connectivity index (χ0) is 27.7. The van der Waals surface area contributed by atoms with E-state index in [-0.39, 0.29) is 5.41 Å². The van der Waals surface area contributed by atoms with Crippen LogP contribution in [0.1, 0.15) is 26.5 Å². The Morgan fingerprint density at radius 2 is 1.88 bits per heavy atom. The van der Waals surface area contributed by atoms with Crippen LogP contribution >= 0.6 is 11.3 Å². The summed E-state index contributed by atoms with van der Waals surface area (Å²) in [5, 5.41) is 9.59. The maximum atomic E-state index is 12.5. The van der Waals surface area contributed by atoms with E-state index < -0.39 is 6.03 Å². The zero-order valence-corrected chi connectivity index (χ0v) is 23.6. The number of morpholine rings is 1. The molecule has 0 saturated carbocycles. The van der Waals surface area contributed by atoms with Gasteiger partial charge in [-0.05, 0) is 42.5 Å². The normalized spacial score (nSPS) is 14.6. The Bertz CT molecular complexity index is 1630. The van der Waals surface area contributed by atoms with Crippen molar-refractivity contribution in [3.63, 3.8) is 0 Å². The van der Waals surface area contributed by atoms with Gasteiger partial charge in [0.1, 0.15) is 12.4 Å². The standard InChI is InChI=1S/C29H32N6O4S/c1-29(2,3)25-17-26(39-33-25)32-27(36)30-20-6-9-23-24(16-20)40-28-31-22(18-35(23)28)19-4-7-21(8-5-19)38-15-12-34-10-13-37-14-11-34/h4-9,16-18H,10-15H2,1-3H3,(H2,30,32,36). The molecule has 40 heavy (non-hydrogen) atoms. The smallest absolute Gasteiger partial charge is 0.326 e. The van der Waals surface area contributed by atoms with Crippen molar-refractivity contribution in [1.29, 1.82) is 0 Å². The van der Waals surface area contributed by atoms with Crippen LogP contribution in [-0.2, 0) is 10.2 Å². The predicted octanol–water partition coefficient (Wildman–Crippen LogP) is 5.86. The van der Waals surface area contributed by atoms with E-state index in [0.29, 0.717) is 18.2 Å². The van der Waals surface area contributed by atoms with Crippen LogP contribution in [-0.4, -0.2) is 64.9 Å². The first-order valence-corrected chi connectivity index (χ1v) is 14.1. The number of benzene rings is 2. The Balaban J connectivity index is 1.09. The second-order valence-electron chi connectivity index (χ2n) is 10.8. The highest BCUT2D eigenvalue weighted by molar-refractivity contribution is 7.23. The van der Waals surface area contributed by atoms with Gasteiger partial charge >= 0.3 is 6.03 Å². The molecule has 1 aliphatic rings. The minimum atomic E-state index is -0.395. The van der Waals surface area contributed by atoms with Crippen LogP contribution in [0.15, 0.2) is 59.3 Å². The molecule has 1 saturated heterocycles. The lowest BCUT2D eigenvalue weighted by molar-refractivity contribution is 0.0322. The fourth-order valence-electron chi connectivity index (χ4n) is 4.52. The van der Waals surface area contributed by atoms with Crippen LogP contribution in [0.5, 0.6) is 5.75 Å². The van der Waals surface area contributed by atoms with Crippen LogP contribution < -0.4 is 15.4 Å². The van der Waals surface area contributed by atoms with Crippen molar-refractivity contribution in [2.75, 3.05) is 50.1 Å². The summed E-state index contributed by atoms with van der Waals surface area (Å²) in [5.41, 5.74) is 4.24. The van der Waals surface area contributed by atoms with Gasteiger partial charge in [0.15, 0.2) is 4.96 Å². The molecule has 2 N–H and O–H groups in total. The number of carbonyl (C=O) groups excluding carboxylic acids is 1. The lowest BCUT2D eigenvalue weighted by Crippen LogP contribution is -2.38. The van der Waals surface area contributed by atoms with E-state index in [1.165, 1.54) is 0 Å². The first-order valence-electron chi connectivity index (χ1n) is 13.3. The number of nitrogens with zero attached hydrogens (tertiary/aromatic N) is 4. The Morgan fingerprint density at radius 3 is 2.62 bits per heavy atom. The molecule has 0 unspecified atom stereocenters. The molecular weight excluding hydrogens is 528 g/mol. The molecule has 0 aliphatic carbocycles. The molecule has 3 aromatic heterocycles. The zero-order valence-electron chi connectivity index (χ0n) is 22.8. The average Bonchev–Trinajstić information content (AvgIpc) is 3.64. The third-order valence-corrected chi connectivity index (χ3v) is 7.81. The van der Waals surface area contributed by atoms with E-state index in [1.807, 2.05) is 69.4 Å². The number of aromatic nitrogens is 3. The third kappa shape index (κ3) is 5.81. The Labute approximate surface area is 235 Å². The van der Waals surface area contributed by atoms with E-state index in [1.54, 1.807) is 17.4 Å². The number of anilines is 2. The van der Waals surface area contributed by atoms with Gasteiger partial charge < -0.3 is 19.3 Å². The molecular formula is C29H32N6O4S. The summed E-state index contributed by atoms with van der Waals surface area (Å²) in [6.07, 6.45) is 2.04. The molecule has 11 heteroatoms. The fourth-order valence-corrected chi connectivity index (χ4v) is 5.57. The lowest BCUT2D eigenvalue weighted by atomic mass is 9.92. The van der Waals surface area contributed by atoms with Crippen molar-refractivity contribution < 1.29 is 18.8 Å². The summed E-state index contributed by atoms with van der Waals surface area (Å²) in [6.45, 7) is 11.2.